The molecule has 9 heteroatoms. The van der Waals surface area contributed by atoms with Gasteiger partial charge in [0.15, 0.2) is 11.5 Å². The molecule has 4 atom stereocenters. The average molecular weight is 587 g/mol. The number of hydrogen-bond donors (Lipinski definition) is 3. The zero-order valence-corrected chi connectivity index (χ0v) is 25.7. The number of phenolic OH excluding ortho intramolecular Hbond substituents is 1. The summed E-state index contributed by atoms with van der Waals surface area (Å²) in [6, 6.07) is 5.38. The molecule has 0 radical (unpaired) electrons. The van der Waals surface area contributed by atoms with E-state index in [9.17, 15) is 19.5 Å². The fourth-order valence-corrected chi connectivity index (χ4v) is 7.49. The van der Waals surface area contributed by atoms with Gasteiger partial charge in [0.25, 0.3) is 0 Å². The summed E-state index contributed by atoms with van der Waals surface area (Å²) in [6.07, 6.45) is 9.84. The number of benzene rings is 1. The van der Waals surface area contributed by atoms with Crippen LogP contribution in [0.5, 0.6) is 11.5 Å². The lowest BCUT2D eigenvalue weighted by Crippen LogP contribution is -2.65. The van der Waals surface area contributed by atoms with Gasteiger partial charge in [0.05, 0.1) is 7.11 Å². The molecule has 3 fully saturated rings. The minimum absolute atomic E-state index is 0.0660. The number of phenols is 1. The highest BCUT2D eigenvalue weighted by molar-refractivity contribution is 5.90. The van der Waals surface area contributed by atoms with E-state index in [1.807, 2.05) is 12.1 Å². The molecule has 1 aliphatic carbocycles. The van der Waals surface area contributed by atoms with Gasteiger partial charge in [-0.2, -0.15) is 0 Å². The lowest BCUT2D eigenvalue weighted by molar-refractivity contribution is -0.178. The Morgan fingerprint density at radius 2 is 1.88 bits per heavy atom. The maximum atomic E-state index is 14.3. The molecule has 9 nitrogen and oxygen atoms in total. The predicted molar refractivity (Wildman–Crippen MR) is 159 cm³/mol. The third-order valence-electron chi connectivity index (χ3n) is 9.79. The van der Waals surface area contributed by atoms with Crippen LogP contribution < -0.4 is 15.4 Å². The smallest absolute Gasteiger partial charge is 0.332 e. The molecule has 1 amide bonds. The van der Waals surface area contributed by atoms with Gasteiger partial charge in [-0.3, -0.25) is 9.59 Å². The van der Waals surface area contributed by atoms with Crippen LogP contribution in [-0.4, -0.2) is 60.9 Å². The standard InChI is InChI=1S/C33H50N2O7/c1-4-5-6-10-26(41-23(2)36)21-29(42-31(39)33-15-8-7-9-25(33)12-14-30(38)35-33)32(16-18-34-19-17-32)22-24-11-13-27(37)28(20-24)40-3/h11,13,20,25-26,29,34,37H,4-10,12,14-19,21-22H2,1-3H3,(H,35,38). The minimum atomic E-state index is -0.999. The molecule has 0 bridgehead atoms. The number of ether oxygens (including phenoxy) is 3. The van der Waals surface area contributed by atoms with Crippen LogP contribution in [0.25, 0.3) is 0 Å². The number of amides is 1. The summed E-state index contributed by atoms with van der Waals surface area (Å²) in [6.45, 7) is 5.10. The number of unbranched alkanes of at least 4 members (excludes halogenated alkanes) is 2. The van der Waals surface area contributed by atoms with Crippen LogP contribution in [0.4, 0.5) is 0 Å². The van der Waals surface area contributed by atoms with Crippen LogP contribution >= 0.6 is 0 Å². The summed E-state index contributed by atoms with van der Waals surface area (Å²) in [5, 5.41) is 16.8. The molecule has 1 aromatic rings. The third-order valence-corrected chi connectivity index (χ3v) is 9.79. The molecule has 0 aromatic heterocycles. The van der Waals surface area contributed by atoms with E-state index in [1.165, 1.54) is 14.0 Å². The molecule has 42 heavy (non-hydrogen) atoms. The second-order valence-electron chi connectivity index (χ2n) is 12.7. The quantitative estimate of drug-likeness (QED) is 0.219. The van der Waals surface area contributed by atoms with Crippen molar-refractivity contribution in [3.05, 3.63) is 23.8 Å². The van der Waals surface area contributed by atoms with E-state index in [-0.39, 0.29) is 35.6 Å². The van der Waals surface area contributed by atoms with Crippen molar-refractivity contribution in [3.8, 4) is 11.5 Å². The third kappa shape index (κ3) is 7.57. The van der Waals surface area contributed by atoms with Gasteiger partial charge >= 0.3 is 11.9 Å². The molecule has 3 N–H and O–H groups in total. The number of esters is 2. The van der Waals surface area contributed by atoms with Crippen LogP contribution in [0, 0.1) is 11.3 Å². The van der Waals surface area contributed by atoms with Crippen molar-refractivity contribution in [2.24, 2.45) is 11.3 Å². The highest BCUT2D eigenvalue weighted by Crippen LogP contribution is 2.45. The van der Waals surface area contributed by atoms with Gasteiger partial charge in [-0.25, -0.2) is 4.79 Å². The number of aromatic hydroxyl groups is 1. The maximum Gasteiger partial charge on any atom is 0.332 e. The molecule has 1 aromatic carbocycles. The van der Waals surface area contributed by atoms with Crippen molar-refractivity contribution in [1.82, 2.24) is 10.6 Å². The zero-order chi connectivity index (χ0) is 30.2. The Balaban J connectivity index is 1.70. The van der Waals surface area contributed by atoms with E-state index >= 15 is 0 Å². The van der Waals surface area contributed by atoms with Gasteiger partial charge in [0.1, 0.15) is 17.7 Å². The fourth-order valence-electron chi connectivity index (χ4n) is 7.49. The van der Waals surface area contributed by atoms with Crippen LogP contribution in [0.3, 0.4) is 0 Å². The van der Waals surface area contributed by atoms with Crippen LogP contribution in [0.1, 0.15) is 103 Å². The molecule has 2 saturated heterocycles. The monoisotopic (exact) mass is 586 g/mol. The molecule has 3 aliphatic rings. The van der Waals surface area contributed by atoms with Gasteiger partial charge in [0, 0.05) is 25.2 Å². The first-order valence-corrected chi connectivity index (χ1v) is 16.0. The molecular formula is C33H50N2O7. The second-order valence-corrected chi connectivity index (χ2v) is 12.7. The summed E-state index contributed by atoms with van der Waals surface area (Å²) in [5.74, 6) is -0.236. The summed E-state index contributed by atoms with van der Waals surface area (Å²) in [7, 11) is 1.53. The number of carbonyl (C=O) groups is 3. The summed E-state index contributed by atoms with van der Waals surface area (Å²) in [4.78, 5) is 39.2. The molecular weight excluding hydrogens is 536 g/mol. The molecule has 0 spiro atoms. The molecule has 1 saturated carbocycles. The first-order chi connectivity index (χ1) is 20.2. The number of fused-ring (bicyclic) bond motifs is 1. The molecule has 2 heterocycles. The molecule has 234 valence electrons. The fraction of sp³-hybridized carbons (Fsp3) is 0.727. The molecule has 4 unspecified atom stereocenters. The Morgan fingerprint density at radius 3 is 2.60 bits per heavy atom. The Hall–Kier alpha value is -2.81. The van der Waals surface area contributed by atoms with Crippen molar-refractivity contribution >= 4 is 17.8 Å². The van der Waals surface area contributed by atoms with Gasteiger partial charge < -0.3 is 30.0 Å². The van der Waals surface area contributed by atoms with Crippen molar-refractivity contribution in [2.75, 3.05) is 20.2 Å². The Bertz CT molecular complexity index is 1090. The largest absolute Gasteiger partial charge is 0.504 e. The van der Waals surface area contributed by atoms with E-state index in [1.54, 1.807) is 6.07 Å². The molecule has 2 aliphatic heterocycles. The van der Waals surface area contributed by atoms with Gasteiger partial charge in [-0.15, -0.1) is 0 Å². The summed E-state index contributed by atoms with van der Waals surface area (Å²) < 4.78 is 17.9. The van der Waals surface area contributed by atoms with E-state index < -0.39 is 17.1 Å². The Kier molecular flexibility index (Phi) is 11.1. The van der Waals surface area contributed by atoms with Crippen LogP contribution in [0.15, 0.2) is 18.2 Å². The number of hydrogen-bond acceptors (Lipinski definition) is 8. The first kappa shape index (κ1) is 32.1. The summed E-state index contributed by atoms with van der Waals surface area (Å²) >= 11 is 0. The first-order valence-electron chi connectivity index (χ1n) is 16.0. The van der Waals surface area contributed by atoms with E-state index in [0.717, 1.165) is 70.0 Å². The average Bonchev–Trinajstić information content (AvgIpc) is 2.97. The van der Waals surface area contributed by atoms with Crippen LogP contribution in [-0.2, 0) is 30.3 Å². The number of methoxy groups -OCH3 is 1. The van der Waals surface area contributed by atoms with E-state index in [0.29, 0.717) is 44.3 Å². The lowest BCUT2D eigenvalue weighted by atomic mass is 9.67. The highest BCUT2D eigenvalue weighted by atomic mass is 16.6. The van der Waals surface area contributed by atoms with Crippen LogP contribution in [0.2, 0.25) is 0 Å². The zero-order valence-electron chi connectivity index (χ0n) is 25.7. The minimum Gasteiger partial charge on any atom is -0.504 e. The van der Waals surface area contributed by atoms with E-state index in [2.05, 4.69) is 17.6 Å². The molecule has 4 rings (SSSR count). The highest BCUT2D eigenvalue weighted by Gasteiger charge is 2.54. The van der Waals surface area contributed by atoms with Gasteiger partial charge in [-0.1, -0.05) is 38.7 Å². The number of rotatable bonds is 13. The normalized spacial score (nSPS) is 24.9. The Morgan fingerprint density at radius 1 is 1.10 bits per heavy atom. The number of nitrogens with one attached hydrogen (secondary N) is 2. The van der Waals surface area contributed by atoms with Crippen molar-refractivity contribution in [3.63, 3.8) is 0 Å². The predicted octanol–water partition coefficient (Wildman–Crippen LogP) is 4.97. The number of piperidine rings is 2. The van der Waals surface area contributed by atoms with Crippen molar-refractivity contribution in [2.45, 2.75) is 121 Å². The van der Waals surface area contributed by atoms with Crippen molar-refractivity contribution < 1.29 is 33.7 Å². The van der Waals surface area contributed by atoms with Crippen molar-refractivity contribution in [1.29, 1.82) is 0 Å². The van der Waals surface area contributed by atoms with E-state index in [4.69, 9.17) is 14.2 Å². The number of carbonyl (C=O) groups excluding carboxylic acids is 3. The second kappa shape index (κ2) is 14.6. The van der Waals surface area contributed by atoms with Gasteiger partial charge in [0.2, 0.25) is 5.91 Å². The maximum absolute atomic E-state index is 14.3. The lowest BCUT2D eigenvalue weighted by Gasteiger charge is -2.49. The van der Waals surface area contributed by atoms with Gasteiger partial charge in [-0.05, 0) is 88.1 Å². The Labute approximate surface area is 250 Å². The topological polar surface area (TPSA) is 123 Å². The summed E-state index contributed by atoms with van der Waals surface area (Å²) in [5.41, 5.74) is -0.464. The SMILES string of the molecule is CCCCCC(CC(OC(=O)C12CCCCC1CCC(=O)N2)C1(Cc2ccc(O)c(OC)c2)CCNCC1)OC(C)=O.